The summed E-state index contributed by atoms with van der Waals surface area (Å²) in [4.78, 5) is 10.8. The Labute approximate surface area is 93.2 Å². The molecule has 0 amide bonds. The zero-order chi connectivity index (χ0) is 10.8. The molecule has 3 nitrogen and oxygen atoms in total. The molecule has 3 heteroatoms. The smallest absolute Gasteiger partial charge is 0.306 e. The molecule has 1 unspecified atom stereocenters. The third kappa shape index (κ3) is 9.73. The third-order valence-electron chi connectivity index (χ3n) is 2.64. The second-order valence-electron chi connectivity index (χ2n) is 4.03. The lowest BCUT2D eigenvalue weighted by Gasteiger charge is -2.10. The molecule has 0 aliphatic rings. The van der Waals surface area contributed by atoms with E-state index in [1.165, 1.54) is 25.7 Å². The second-order valence-corrected chi connectivity index (χ2v) is 4.03. The van der Waals surface area contributed by atoms with Crippen LogP contribution in [0.1, 0.15) is 65.2 Å². The van der Waals surface area contributed by atoms with Crippen LogP contribution in [0.4, 0.5) is 0 Å². The quantitative estimate of drug-likeness (QED) is 0.604. The number of unbranched alkanes of at least 4 members (excludes halogenated alkanes) is 4. The summed E-state index contributed by atoms with van der Waals surface area (Å²) in [5, 5.41) is 8.91. The Morgan fingerprint density at radius 2 is 1.60 bits per heavy atom. The zero-order valence-electron chi connectivity index (χ0n) is 10.1. The van der Waals surface area contributed by atoms with Crippen molar-refractivity contribution >= 4 is 5.97 Å². The first-order valence-corrected chi connectivity index (χ1v) is 5.95. The molecule has 0 aromatic rings. The van der Waals surface area contributed by atoms with Crippen LogP contribution in [0.5, 0.6) is 0 Å². The van der Waals surface area contributed by atoms with Crippen LogP contribution in [0.2, 0.25) is 0 Å². The lowest BCUT2D eigenvalue weighted by molar-refractivity contribution is -0.142. The fourth-order valence-electron chi connectivity index (χ4n) is 1.73. The second kappa shape index (κ2) is 11.5. The minimum absolute atomic E-state index is 0. The highest BCUT2D eigenvalue weighted by molar-refractivity contribution is 5.69. The van der Waals surface area contributed by atoms with Crippen LogP contribution in [0.25, 0.3) is 0 Å². The summed E-state index contributed by atoms with van der Waals surface area (Å²) in [6.07, 6.45) is 8.75. The molecule has 0 fully saturated rings. The molecule has 15 heavy (non-hydrogen) atoms. The molecule has 0 spiro atoms. The molecule has 0 aromatic carbocycles. The van der Waals surface area contributed by atoms with Gasteiger partial charge < -0.3 is 10.6 Å². The number of rotatable bonds is 9. The van der Waals surface area contributed by atoms with Crippen molar-refractivity contribution in [3.8, 4) is 0 Å². The van der Waals surface area contributed by atoms with Gasteiger partial charge in [0.25, 0.3) is 0 Å². The SMILES string of the molecule is CCCCCCCC(CCC)C(=O)O.O. The van der Waals surface area contributed by atoms with Crippen LogP contribution in [-0.4, -0.2) is 16.6 Å². The van der Waals surface area contributed by atoms with E-state index in [9.17, 15) is 4.79 Å². The normalized spacial score (nSPS) is 11.9. The van der Waals surface area contributed by atoms with Crippen molar-refractivity contribution in [3.05, 3.63) is 0 Å². The maximum absolute atomic E-state index is 10.8. The van der Waals surface area contributed by atoms with E-state index in [0.717, 1.165) is 25.7 Å². The number of carboxylic acid groups (broad SMARTS) is 1. The van der Waals surface area contributed by atoms with E-state index in [4.69, 9.17) is 5.11 Å². The molecule has 0 radical (unpaired) electrons. The van der Waals surface area contributed by atoms with E-state index < -0.39 is 5.97 Å². The predicted molar refractivity (Wildman–Crippen MR) is 63.0 cm³/mol. The van der Waals surface area contributed by atoms with Crippen molar-refractivity contribution in [1.82, 2.24) is 0 Å². The molecule has 1 atom stereocenters. The van der Waals surface area contributed by atoms with Gasteiger partial charge in [0.15, 0.2) is 0 Å². The van der Waals surface area contributed by atoms with Gasteiger partial charge in [0, 0.05) is 0 Å². The van der Waals surface area contributed by atoms with Crippen LogP contribution in [-0.2, 0) is 4.79 Å². The molecular formula is C12H26O3. The van der Waals surface area contributed by atoms with E-state index in [1.807, 2.05) is 6.92 Å². The van der Waals surface area contributed by atoms with Crippen molar-refractivity contribution in [3.63, 3.8) is 0 Å². The molecule has 0 heterocycles. The fourth-order valence-corrected chi connectivity index (χ4v) is 1.73. The average molecular weight is 218 g/mol. The predicted octanol–water partition coefficient (Wildman–Crippen LogP) is 3.02. The van der Waals surface area contributed by atoms with Crippen molar-refractivity contribution < 1.29 is 15.4 Å². The number of hydrogen-bond donors (Lipinski definition) is 1. The van der Waals surface area contributed by atoms with Crippen molar-refractivity contribution in [1.29, 1.82) is 0 Å². The molecule has 0 saturated heterocycles. The Balaban J connectivity index is 0. The first kappa shape index (κ1) is 16.8. The Hall–Kier alpha value is -0.570. The largest absolute Gasteiger partial charge is 0.481 e. The van der Waals surface area contributed by atoms with Crippen LogP contribution in [0.15, 0.2) is 0 Å². The molecule has 0 aliphatic carbocycles. The standard InChI is InChI=1S/C12H24O2.H2O/c1-3-5-6-7-8-10-11(9-4-2)12(13)14;/h11H,3-10H2,1-2H3,(H,13,14);1H2. The summed E-state index contributed by atoms with van der Waals surface area (Å²) in [6.45, 7) is 4.24. The summed E-state index contributed by atoms with van der Waals surface area (Å²) in [6, 6.07) is 0. The first-order valence-electron chi connectivity index (χ1n) is 5.95. The van der Waals surface area contributed by atoms with Crippen LogP contribution in [0.3, 0.4) is 0 Å². The number of aliphatic carboxylic acids is 1. The van der Waals surface area contributed by atoms with Crippen LogP contribution in [0, 0.1) is 5.92 Å². The van der Waals surface area contributed by atoms with Crippen molar-refractivity contribution in [2.24, 2.45) is 5.92 Å². The van der Waals surface area contributed by atoms with Gasteiger partial charge in [-0.3, -0.25) is 4.79 Å². The highest BCUT2D eigenvalue weighted by Crippen LogP contribution is 2.16. The van der Waals surface area contributed by atoms with Gasteiger partial charge in [-0.15, -0.1) is 0 Å². The first-order chi connectivity index (χ1) is 6.72. The lowest BCUT2D eigenvalue weighted by Crippen LogP contribution is -2.13. The minimum Gasteiger partial charge on any atom is -0.481 e. The van der Waals surface area contributed by atoms with Crippen LogP contribution < -0.4 is 0 Å². The highest BCUT2D eigenvalue weighted by Gasteiger charge is 2.14. The summed E-state index contributed by atoms with van der Waals surface area (Å²) in [5.41, 5.74) is 0. The molecule has 0 aliphatic heterocycles. The Bertz CT molecular complexity index is 146. The molecule has 0 rings (SSSR count). The Morgan fingerprint density at radius 1 is 1.00 bits per heavy atom. The molecule has 0 bridgehead atoms. The summed E-state index contributed by atoms with van der Waals surface area (Å²) in [7, 11) is 0. The number of carbonyl (C=O) groups is 1. The minimum atomic E-state index is -0.609. The summed E-state index contributed by atoms with van der Waals surface area (Å²) in [5.74, 6) is -0.705. The number of hydrogen-bond acceptors (Lipinski definition) is 1. The van der Waals surface area contributed by atoms with E-state index >= 15 is 0 Å². The van der Waals surface area contributed by atoms with Gasteiger partial charge in [0.05, 0.1) is 5.92 Å². The van der Waals surface area contributed by atoms with Crippen molar-refractivity contribution in [2.75, 3.05) is 0 Å². The zero-order valence-corrected chi connectivity index (χ0v) is 10.1. The van der Waals surface area contributed by atoms with Crippen LogP contribution >= 0.6 is 0 Å². The Kier molecular flexibility index (Phi) is 12.9. The van der Waals surface area contributed by atoms with Gasteiger partial charge in [-0.2, -0.15) is 0 Å². The topological polar surface area (TPSA) is 68.8 Å². The highest BCUT2D eigenvalue weighted by atomic mass is 16.4. The van der Waals surface area contributed by atoms with Gasteiger partial charge in [0.1, 0.15) is 0 Å². The fraction of sp³-hybridized carbons (Fsp3) is 0.917. The van der Waals surface area contributed by atoms with Gasteiger partial charge in [0.2, 0.25) is 0 Å². The van der Waals surface area contributed by atoms with Crippen molar-refractivity contribution in [2.45, 2.75) is 65.2 Å². The van der Waals surface area contributed by atoms with Gasteiger partial charge in [-0.1, -0.05) is 52.4 Å². The third-order valence-corrected chi connectivity index (χ3v) is 2.64. The van der Waals surface area contributed by atoms with E-state index in [2.05, 4.69) is 6.92 Å². The van der Waals surface area contributed by atoms with E-state index in [1.54, 1.807) is 0 Å². The Morgan fingerprint density at radius 3 is 2.07 bits per heavy atom. The summed E-state index contributed by atoms with van der Waals surface area (Å²) >= 11 is 0. The van der Waals surface area contributed by atoms with Gasteiger partial charge in [-0.05, 0) is 12.8 Å². The van der Waals surface area contributed by atoms with E-state index in [-0.39, 0.29) is 11.4 Å². The maximum Gasteiger partial charge on any atom is 0.306 e. The molecule has 0 saturated carbocycles. The molecule has 0 aromatic heterocycles. The average Bonchev–Trinajstić information content (AvgIpc) is 2.15. The van der Waals surface area contributed by atoms with Gasteiger partial charge >= 0.3 is 5.97 Å². The number of carboxylic acids is 1. The molecular weight excluding hydrogens is 192 g/mol. The van der Waals surface area contributed by atoms with E-state index in [0.29, 0.717) is 0 Å². The van der Waals surface area contributed by atoms with Gasteiger partial charge in [-0.25, -0.2) is 0 Å². The summed E-state index contributed by atoms with van der Waals surface area (Å²) < 4.78 is 0. The molecule has 3 N–H and O–H groups in total. The monoisotopic (exact) mass is 218 g/mol. The lowest BCUT2D eigenvalue weighted by atomic mass is 9.96. The molecule has 92 valence electrons. The maximum atomic E-state index is 10.8.